The Labute approximate surface area is 158 Å². The van der Waals surface area contributed by atoms with Crippen molar-refractivity contribution >= 4 is 17.7 Å². The van der Waals surface area contributed by atoms with Crippen LogP contribution >= 0.6 is 0 Å². The number of benzene rings is 1. The number of piperidine rings is 1. The summed E-state index contributed by atoms with van der Waals surface area (Å²) in [5.74, 6) is -0.750. The molecule has 2 fully saturated rings. The summed E-state index contributed by atoms with van der Waals surface area (Å²) in [7, 11) is 0. The van der Waals surface area contributed by atoms with Gasteiger partial charge in [-0.2, -0.15) is 0 Å². The SMILES string of the molecule is CC(NCc1cccc2c1CN(C1CCC(=O)NC1=O)C2=O)[C@@H]1CCCN1. The van der Waals surface area contributed by atoms with Crippen LogP contribution in [-0.2, 0) is 22.7 Å². The van der Waals surface area contributed by atoms with Crippen molar-refractivity contribution < 1.29 is 14.4 Å². The zero-order valence-corrected chi connectivity index (χ0v) is 15.6. The molecule has 2 saturated heterocycles. The summed E-state index contributed by atoms with van der Waals surface area (Å²) in [5.41, 5.74) is 2.76. The number of rotatable bonds is 5. The number of amides is 3. The third-order valence-electron chi connectivity index (χ3n) is 6.00. The van der Waals surface area contributed by atoms with Gasteiger partial charge in [0, 0.05) is 37.2 Å². The van der Waals surface area contributed by atoms with Crippen LogP contribution in [0.2, 0.25) is 0 Å². The molecule has 4 rings (SSSR count). The van der Waals surface area contributed by atoms with Crippen molar-refractivity contribution in [1.29, 1.82) is 0 Å². The minimum absolute atomic E-state index is 0.119. The normalized spacial score (nSPS) is 26.3. The van der Waals surface area contributed by atoms with Crippen molar-refractivity contribution in [2.24, 2.45) is 0 Å². The van der Waals surface area contributed by atoms with E-state index in [1.165, 1.54) is 12.8 Å². The molecule has 0 spiro atoms. The van der Waals surface area contributed by atoms with Gasteiger partial charge in [0.25, 0.3) is 5.91 Å². The second kappa shape index (κ2) is 7.40. The highest BCUT2D eigenvalue weighted by atomic mass is 16.2. The second-order valence-corrected chi connectivity index (χ2v) is 7.72. The monoisotopic (exact) mass is 370 g/mol. The predicted octanol–water partition coefficient (Wildman–Crippen LogP) is 0.678. The van der Waals surface area contributed by atoms with Gasteiger partial charge in [-0.15, -0.1) is 0 Å². The Balaban J connectivity index is 1.47. The maximum atomic E-state index is 12.9. The molecule has 2 unspecified atom stereocenters. The lowest BCUT2D eigenvalue weighted by molar-refractivity contribution is -0.136. The van der Waals surface area contributed by atoms with Crippen molar-refractivity contribution in [3.63, 3.8) is 0 Å². The zero-order chi connectivity index (χ0) is 19.0. The molecule has 0 radical (unpaired) electrons. The quantitative estimate of drug-likeness (QED) is 0.663. The highest BCUT2D eigenvalue weighted by Crippen LogP contribution is 2.29. The molecule has 0 bridgehead atoms. The van der Waals surface area contributed by atoms with Crippen molar-refractivity contribution in [3.8, 4) is 0 Å². The molecule has 1 aromatic carbocycles. The lowest BCUT2D eigenvalue weighted by Crippen LogP contribution is -2.52. The molecule has 3 aliphatic heterocycles. The van der Waals surface area contributed by atoms with Gasteiger partial charge in [0.2, 0.25) is 11.8 Å². The van der Waals surface area contributed by atoms with Gasteiger partial charge in [-0.1, -0.05) is 12.1 Å². The molecule has 144 valence electrons. The Bertz CT molecular complexity index is 772. The first-order valence-corrected chi connectivity index (χ1v) is 9.77. The number of imide groups is 1. The summed E-state index contributed by atoms with van der Waals surface area (Å²) in [4.78, 5) is 38.0. The van der Waals surface area contributed by atoms with Crippen molar-refractivity contribution in [1.82, 2.24) is 20.9 Å². The van der Waals surface area contributed by atoms with Crippen LogP contribution in [0, 0.1) is 0 Å². The molecule has 0 saturated carbocycles. The number of fused-ring (bicyclic) bond motifs is 1. The van der Waals surface area contributed by atoms with Crippen LogP contribution in [-0.4, -0.2) is 47.3 Å². The van der Waals surface area contributed by atoms with E-state index in [1.807, 2.05) is 18.2 Å². The maximum absolute atomic E-state index is 12.9. The average Bonchev–Trinajstić information content (AvgIpc) is 3.29. The van der Waals surface area contributed by atoms with E-state index in [2.05, 4.69) is 22.9 Å². The van der Waals surface area contributed by atoms with Gasteiger partial charge in [-0.3, -0.25) is 19.7 Å². The number of hydrogen-bond acceptors (Lipinski definition) is 5. The first kappa shape index (κ1) is 18.1. The van der Waals surface area contributed by atoms with Gasteiger partial charge in [0.1, 0.15) is 6.04 Å². The molecule has 3 atom stereocenters. The van der Waals surface area contributed by atoms with Crippen molar-refractivity contribution in [2.45, 2.75) is 63.8 Å². The molecule has 0 aromatic heterocycles. The van der Waals surface area contributed by atoms with Crippen molar-refractivity contribution in [3.05, 3.63) is 34.9 Å². The number of nitrogens with one attached hydrogen (secondary N) is 3. The average molecular weight is 370 g/mol. The number of carbonyl (C=O) groups is 3. The van der Waals surface area contributed by atoms with E-state index in [1.54, 1.807) is 4.90 Å². The topological polar surface area (TPSA) is 90.5 Å². The zero-order valence-electron chi connectivity index (χ0n) is 15.6. The van der Waals surface area contributed by atoms with Crippen LogP contribution in [0.15, 0.2) is 18.2 Å². The van der Waals surface area contributed by atoms with Crippen LogP contribution in [0.5, 0.6) is 0 Å². The number of carbonyl (C=O) groups excluding carboxylic acids is 3. The van der Waals surface area contributed by atoms with Crippen LogP contribution in [0.1, 0.15) is 54.1 Å². The Morgan fingerprint density at radius 2 is 2.11 bits per heavy atom. The molecule has 27 heavy (non-hydrogen) atoms. The van der Waals surface area contributed by atoms with E-state index in [0.29, 0.717) is 37.2 Å². The molecule has 0 aliphatic carbocycles. The molecular weight excluding hydrogens is 344 g/mol. The standard InChI is InChI=1S/C20H26N4O3/c1-12(16-6-3-9-21-16)22-10-13-4-2-5-14-15(13)11-24(20(14)27)17-7-8-18(25)23-19(17)26/h2,4-5,12,16-17,21-22H,3,6-11H2,1H3,(H,23,25,26)/t12?,16-,17?/m0/s1. The van der Waals surface area contributed by atoms with Gasteiger partial charge < -0.3 is 15.5 Å². The van der Waals surface area contributed by atoms with Gasteiger partial charge in [0.05, 0.1) is 0 Å². The maximum Gasteiger partial charge on any atom is 0.255 e. The van der Waals surface area contributed by atoms with Crippen molar-refractivity contribution in [2.75, 3.05) is 6.54 Å². The predicted molar refractivity (Wildman–Crippen MR) is 99.8 cm³/mol. The minimum Gasteiger partial charge on any atom is -0.322 e. The fourth-order valence-corrected chi connectivity index (χ4v) is 4.37. The fraction of sp³-hybridized carbons (Fsp3) is 0.550. The molecular formula is C20H26N4O3. The highest BCUT2D eigenvalue weighted by Gasteiger charge is 2.39. The first-order valence-electron chi connectivity index (χ1n) is 9.77. The molecule has 1 aromatic rings. The Kier molecular flexibility index (Phi) is 4.97. The molecule has 3 aliphatic rings. The summed E-state index contributed by atoms with van der Waals surface area (Å²) in [6, 6.07) is 6.05. The van der Waals surface area contributed by atoms with Gasteiger partial charge in [-0.05, 0) is 49.9 Å². The molecule has 3 heterocycles. The lowest BCUT2D eigenvalue weighted by Gasteiger charge is -2.29. The van der Waals surface area contributed by atoms with E-state index < -0.39 is 6.04 Å². The molecule has 7 heteroatoms. The second-order valence-electron chi connectivity index (χ2n) is 7.72. The highest BCUT2D eigenvalue weighted by molar-refractivity contribution is 6.05. The summed E-state index contributed by atoms with van der Waals surface area (Å²) in [6.45, 7) is 4.38. The first-order chi connectivity index (χ1) is 13.0. The number of nitrogens with zero attached hydrogens (tertiary/aromatic N) is 1. The third kappa shape index (κ3) is 3.49. The summed E-state index contributed by atoms with van der Waals surface area (Å²) in [5, 5.41) is 9.44. The van der Waals surface area contributed by atoms with Gasteiger partial charge in [-0.25, -0.2) is 0 Å². The molecule has 7 nitrogen and oxygen atoms in total. The summed E-state index contributed by atoms with van der Waals surface area (Å²) < 4.78 is 0. The fourth-order valence-electron chi connectivity index (χ4n) is 4.37. The van der Waals surface area contributed by atoms with E-state index in [-0.39, 0.29) is 24.1 Å². The van der Waals surface area contributed by atoms with E-state index in [0.717, 1.165) is 17.7 Å². The van der Waals surface area contributed by atoms with Gasteiger partial charge in [0.15, 0.2) is 0 Å². The summed E-state index contributed by atoms with van der Waals surface area (Å²) in [6.07, 6.45) is 3.06. The third-order valence-corrected chi connectivity index (χ3v) is 6.00. The van der Waals surface area contributed by atoms with Crippen LogP contribution in [0.3, 0.4) is 0 Å². The Hall–Kier alpha value is -2.25. The van der Waals surface area contributed by atoms with Crippen LogP contribution in [0.25, 0.3) is 0 Å². The molecule has 3 N–H and O–H groups in total. The smallest absolute Gasteiger partial charge is 0.255 e. The lowest BCUT2D eigenvalue weighted by atomic mass is 10.0. The van der Waals surface area contributed by atoms with E-state index in [4.69, 9.17) is 0 Å². The van der Waals surface area contributed by atoms with E-state index in [9.17, 15) is 14.4 Å². The van der Waals surface area contributed by atoms with Crippen LogP contribution < -0.4 is 16.0 Å². The van der Waals surface area contributed by atoms with Gasteiger partial charge >= 0.3 is 0 Å². The minimum atomic E-state index is -0.565. The Morgan fingerprint density at radius 1 is 1.26 bits per heavy atom. The molecule has 3 amide bonds. The largest absolute Gasteiger partial charge is 0.322 e. The summed E-state index contributed by atoms with van der Waals surface area (Å²) >= 11 is 0. The number of hydrogen-bond donors (Lipinski definition) is 3. The van der Waals surface area contributed by atoms with Crippen LogP contribution in [0.4, 0.5) is 0 Å². The van der Waals surface area contributed by atoms with E-state index >= 15 is 0 Å². The Morgan fingerprint density at radius 3 is 2.85 bits per heavy atom.